The van der Waals surface area contributed by atoms with Crippen LogP contribution in [-0.2, 0) is 4.74 Å². The van der Waals surface area contributed by atoms with Crippen LogP contribution in [0.3, 0.4) is 0 Å². The van der Waals surface area contributed by atoms with Crippen LogP contribution >= 0.6 is 0 Å². The third-order valence-corrected chi connectivity index (χ3v) is 4.12. The summed E-state index contributed by atoms with van der Waals surface area (Å²) in [6, 6.07) is 11.9. The van der Waals surface area contributed by atoms with Gasteiger partial charge < -0.3 is 10.1 Å². The molecule has 1 aliphatic rings. The number of anilines is 1. The number of fused-ring (bicyclic) bond motifs is 1. The van der Waals surface area contributed by atoms with Gasteiger partial charge in [-0.15, -0.1) is 0 Å². The van der Waals surface area contributed by atoms with Crippen LogP contribution in [0.1, 0.15) is 6.42 Å². The maximum absolute atomic E-state index is 5.45. The van der Waals surface area contributed by atoms with E-state index in [1.54, 1.807) is 12.4 Å². The van der Waals surface area contributed by atoms with E-state index in [0.29, 0.717) is 5.92 Å². The Hall–Kier alpha value is -2.53. The second-order valence-corrected chi connectivity index (χ2v) is 5.76. The lowest BCUT2D eigenvalue weighted by atomic mass is 10.1. The number of benzene rings is 1. The van der Waals surface area contributed by atoms with Crippen molar-refractivity contribution in [3.05, 3.63) is 48.8 Å². The highest BCUT2D eigenvalue weighted by Crippen LogP contribution is 2.25. The van der Waals surface area contributed by atoms with E-state index < -0.39 is 0 Å². The van der Waals surface area contributed by atoms with Crippen molar-refractivity contribution in [3.8, 4) is 11.4 Å². The van der Waals surface area contributed by atoms with Gasteiger partial charge in [0.25, 0.3) is 0 Å². The molecule has 1 aromatic carbocycles. The molecule has 2 aromatic heterocycles. The lowest BCUT2D eigenvalue weighted by Gasteiger charge is -2.13. The smallest absolute Gasteiger partial charge is 0.162 e. The first-order chi connectivity index (χ1) is 11.4. The predicted octanol–water partition coefficient (Wildman–Crippen LogP) is 3.14. The predicted molar refractivity (Wildman–Crippen MR) is 90.2 cm³/mol. The fraction of sp³-hybridized carbons (Fsp3) is 0.278. The molecule has 1 unspecified atom stereocenters. The number of para-hydroxylation sites is 1. The zero-order valence-electron chi connectivity index (χ0n) is 12.8. The second kappa shape index (κ2) is 6.30. The Bertz CT molecular complexity index is 800. The summed E-state index contributed by atoms with van der Waals surface area (Å²) >= 11 is 0. The minimum Gasteiger partial charge on any atom is -0.381 e. The maximum atomic E-state index is 5.45. The van der Waals surface area contributed by atoms with Crippen molar-refractivity contribution in [2.45, 2.75) is 6.42 Å². The molecule has 116 valence electrons. The molecular formula is C18H18N4O. The summed E-state index contributed by atoms with van der Waals surface area (Å²) in [6.07, 6.45) is 4.63. The third kappa shape index (κ3) is 3.00. The van der Waals surface area contributed by atoms with Crippen molar-refractivity contribution in [2.24, 2.45) is 5.92 Å². The molecule has 5 heteroatoms. The molecule has 23 heavy (non-hydrogen) atoms. The normalized spacial score (nSPS) is 17.5. The second-order valence-electron chi connectivity index (χ2n) is 5.76. The van der Waals surface area contributed by atoms with Crippen LogP contribution in [0.15, 0.2) is 48.8 Å². The number of rotatable bonds is 4. The molecule has 1 fully saturated rings. The number of nitrogens with zero attached hydrogens (tertiary/aromatic N) is 3. The number of ether oxygens (including phenoxy) is 1. The van der Waals surface area contributed by atoms with Crippen molar-refractivity contribution in [1.29, 1.82) is 0 Å². The number of aromatic nitrogens is 3. The zero-order valence-corrected chi connectivity index (χ0v) is 12.8. The fourth-order valence-electron chi connectivity index (χ4n) is 2.83. The van der Waals surface area contributed by atoms with Crippen LogP contribution < -0.4 is 5.32 Å². The van der Waals surface area contributed by atoms with E-state index in [1.165, 1.54) is 0 Å². The van der Waals surface area contributed by atoms with Crippen LogP contribution in [0.5, 0.6) is 0 Å². The molecule has 0 saturated carbocycles. The Morgan fingerprint density at radius 2 is 1.96 bits per heavy atom. The van der Waals surface area contributed by atoms with E-state index in [-0.39, 0.29) is 0 Å². The molecular weight excluding hydrogens is 288 g/mol. The van der Waals surface area contributed by atoms with Gasteiger partial charge in [-0.05, 0) is 30.7 Å². The highest BCUT2D eigenvalue weighted by atomic mass is 16.5. The summed E-state index contributed by atoms with van der Waals surface area (Å²) < 4.78 is 5.45. The van der Waals surface area contributed by atoms with Crippen molar-refractivity contribution in [1.82, 2.24) is 15.0 Å². The average molecular weight is 306 g/mol. The monoisotopic (exact) mass is 306 g/mol. The molecule has 0 radical (unpaired) electrons. The summed E-state index contributed by atoms with van der Waals surface area (Å²) in [6.45, 7) is 2.56. The van der Waals surface area contributed by atoms with Crippen LogP contribution in [-0.4, -0.2) is 34.7 Å². The third-order valence-electron chi connectivity index (χ3n) is 4.12. The van der Waals surface area contributed by atoms with Crippen molar-refractivity contribution in [2.75, 3.05) is 25.1 Å². The van der Waals surface area contributed by atoms with Gasteiger partial charge in [-0.1, -0.05) is 12.1 Å². The lowest BCUT2D eigenvalue weighted by Crippen LogP contribution is -2.15. The molecule has 1 N–H and O–H groups in total. The molecule has 3 aromatic rings. The summed E-state index contributed by atoms with van der Waals surface area (Å²) in [4.78, 5) is 13.5. The van der Waals surface area contributed by atoms with E-state index in [1.807, 2.05) is 30.3 Å². The van der Waals surface area contributed by atoms with Crippen molar-refractivity contribution < 1.29 is 4.74 Å². The van der Waals surface area contributed by atoms with Gasteiger partial charge >= 0.3 is 0 Å². The average Bonchev–Trinajstić information content (AvgIpc) is 3.14. The summed E-state index contributed by atoms with van der Waals surface area (Å²) in [5.41, 5.74) is 1.91. The number of nitrogens with one attached hydrogen (secondary N) is 1. The van der Waals surface area contributed by atoms with E-state index >= 15 is 0 Å². The van der Waals surface area contributed by atoms with Crippen LogP contribution in [0.2, 0.25) is 0 Å². The van der Waals surface area contributed by atoms with Crippen LogP contribution in [0.25, 0.3) is 22.3 Å². The molecule has 5 nitrogen and oxygen atoms in total. The molecule has 1 atom stereocenters. The molecule has 0 spiro atoms. The quantitative estimate of drug-likeness (QED) is 0.802. The first-order valence-electron chi connectivity index (χ1n) is 7.89. The molecule has 4 rings (SSSR count). The van der Waals surface area contributed by atoms with Crippen molar-refractivity contribution >= 4 is 16.7 Å². The Morgan fingerprint density at radius 1 is 1.09 bits per heavy atom. The first-order valence-corrected chi connectivity index (χ1v) is 7.89. The molecule has 3 heterocycles. The van der Waals surface area contributed by atoms with Gasteiger partial charge in [-0.3, -0.25) is 4.98 Å². The number of hydrogen-bond acceptors (Lipinski definition) is 5. The van der Waals surface area contributed by atoms with Gasteiger partial charge in [-0.25, -0.2) is 9.97 Å². The number of hydrogen-bond donors (Lipinski definition) is 1. The Balaban J connectivity index is 1.71. The standard InChI is InChI=1S/C18H18N4O/c1-2-4-16-15(3-1)18(20-11-13-7-10-23-12-13)22-17(21-16)14-5-8-19-9-6-14/h1-6,8-9,13H,7,10-12H2,(H,20,21,22). The van der Waals surface area contributed by atoms with E-state index in [2.05, 4.69) is 21.4 Å². The fourth-order valence-corrected chi connectivity index (χ4v) is 2.83. The molecule has 0 aliphatic carbocycles. The largest absolute Gasteiger partial charge is 0.381 e. The molecule has 1 aliphatic heterocycles. The minimum atomic E-state index is 0.549. The minimum absolute atomic E-state index is 0.549. The van der Waals surface area contributed by atoms with Gasteiger partial charge in [0.15, 0.2) is 5.82 Å². The maximum Gasteiger partial charge on any atom is 0.162 e. The Labute approximate surface area is 134 Å². The van der Waals surface area contributed by atoms with E-state index in [9.17, 15) is 0 Å². The number of pyridine rings is 1. The Kier molecular flexibility index (Phi) is 3.86. The SMILES string of the molecule is c1ccc2c(NCC3CCOC3)nc(-c3ccncc3)nc2c1. The van der Waals surface area contributed by atoms with E-state index in [4.69, 9.17) is 9.72 Å². The molecule has 0 bridgehead atoms. The van der Waals surface area contributed by atoms with Gasteiger partial charge in [-0.2, -0.15) is 0 Å². The van der Waals surface area contributed by atoms with Gasteiger partial charge in [0.1, 0.15) is 5.82 Å². The summed E-state index contributed by atoms with van der Waals surface area (Å²) in [5.74, 6) is 2.15. The van der Waals surface area contributed by atoms with Gasteiger partial charge in [0.05, 0.1) is 12.1 Å². The van der Waals surface area contributed by atoms with Gasteiger partial charge in [0.2, 0.25) is 0 Å². The first kappa shape index (κ1) is 14.1. The van der Waals surface area contributed by atoms with Crippen molar-refractivity contribution in [3.63, 3.8) is 0 Å². The highest BCUT2D eigenvalue weighted by molar-refractivity contribution is 5.90. The molecule has 1 saturated heterocycles. The summed E-state index contributed by atoms with van der Waals surface area (Å²) in [7, 11) is 0. The van der Waals surface area contributed by atoms with Crippen LogP contribution in [0.4, 0.5) is 5.82 Å². The van der Waals surface area contributed by atoms with Gasteiger partial charge in [0, 0.05) is 42.4 Å². The zero-order chi connectivity index (χ0) is 15.5. The van der Waals surface area contributed by atoms with Crippen LogP contribution in [0, 0.1) is 5.92 Å². The highest BCUT2D eigenvalue weighted by Gasteiger charge is 2.16. The lowest BCUT2D eigenvalue weighted by molar-refractivity contribution is 0.187. The van der Waals surface area contributed by atoms with E-state index in [0.717, 1.165) is 54.3 Å². The topological polar surface area (TPSA) is 59.9 Å². The summed E-state index contributed by atoms with van der Waals surface area (Å²) in [5, 5.41) is 4.54. The molecule has 0 amide bonds. The Morgan fingerprint density at radius 3 is 2.78 bits per heavy atom.